The van der Waals surface area contributed by atoms with Crippen molar-refractivity contribution in [3.63, 3.8) is 0 Å². The lowest BCUT2D eigenvalue weighted by Crippen LogP contribution is -2.57. The summed E-state index contributed by atoms with van der Waals surface area (Å²) in [6.45, 7) is 0.147. The zero-order valence-corrected chi connectivity index (χ0v) is 22.6. The van der Waals surface area contributed by atoms with Crippen LogP contribution in [-0.4, -0.2) is 91.2 Å². The van der Waals surface area contributed by atoms with Crippen LogP contribution in [0.2, 0.25) is 0 Å². The Hall–Kier alpha value is -4.05. The summed E-state index contributed by atoms with van der Waals surface area (Å²) in [6, 6.07) is -0.319. The lowest BCUT2D eigenvalue weighted by atomic mass is 10.0. The Morgan fingerprint density at radius 2 is 1.68 bits per heavy atom. The maximum absolute atomic E-state index is 13.1. The molecule has 1 aliphatic heterocycles. The maximum Gasteiger partial charge on any atom is 0.524 e. The number of carboxylic acid groups (broad SMARTS) is 2. The summed E-state index contributed by atoms with van der Waals surface area (Å²) in [7, 11) is -4.80. The molecule has 0 unspecified atom stereocenters. The smallest absolute Gasteiger partial charge is 0.481 e. The predicted molar refractivity (Wildman–Crippen MR) is 138 cm³/mol. The van der Waals surface area contributed by atoms with E-state index in [0.29, 0.717) is 12.0 Å². The van der Waals surface area contributed by atoms with Gasteiger partial charge in [0.15, 0.2) is 0 Å². The van der Waals surface area contributed by atoms with Crippen LogP contribution in [0.4, 0.5) is 0 Å². The quantitative estimate of drug-likeness (QED) is 0.0993. The van der Waals surface area contributed by atoms with Crippen molar-refractivity contribution in [3.8, 4) is 5.75 Å². The molecule has 10 N–H and O–H groups in total. The molecular weight excluding hydrogens is 569 g/mol. The molecule has 2 rings (SSSR count). The van der Waals surface area contributed by atoms with Crippen molar-refractivity contribution in [1.82, 2.24) is 15.5 Å². The first-order valence-corrected chi connectivity index (χ1v) is 13.8. The van der Waals surface area contributed by atoms with Gasteiger partial charge in [-0.3, -0.25) is 33.8 Å². The minimum atomic E-state index is -4.80. The van der Waals surface area contributed by atoms with Crippen molar-refractivity contribution in [2.45, 2.75) is 62.7 Å². The van der Waals surface area contributed by atoms with Gasteiger partial charge >= 0.3 is 19.8 Å². The van der Waals surface area contributed by atoms with E-state index in [1.165, 1.54) is 24.3 Å². The molecule has 0 saturated carbocycles. The third-order valence-electron chi connectivity index (χ3n) is 6.06. The highest BCUT2D eigenvalue weighted by Crippen LogP contribution is 2.37. The van der Waals surface area contributed by atoms with Crippen molar-refractivity contribution < 1.29 is 57.9 Å². The molecule has 1 aromatic rings. The zero-order chi connectivity index (χ0) is 30.9. The van der Waals surface area contributed by atoms with Crippen LogP contribution in [0.15, 0.2) is 24.3 Å². The predicted octanol–water partition coefficient (Wildman–Crippen LogP) is -2.19. The number of carbonyl (C=O) groups is 6. The van der Waals surface area contributed by atoms with Crippen molar-refractivity contribution in [1.29, 1.82) is 0 Å². The number of rotatable bonds is 15. The summed E-state index contributed by atoms with van der Waals surface area (Å²) in [4.78, 5) is 91.8. The number of carboxylic acids is 2. The molecule has 0 aromatic heterocycles. The number of benzene rings is 1. The van der Waals surface area contributed by atoms with Crippen LogP contribution in [0, 0.1) is 0 Å². The number of primary amides is 1. The van der Waals surface area contributed by atoms with Gasteiger partial charge in [0, 0.05) is 19.4 Å². The van der Waals surface area contributed by atoms with Crippen LogP contribution in [-0.2, 0) is 39.8 Å². The number of phosphoric acid groups is 1. The summed E-state index contributed by atoms with van der Waals surface area (Å²) in [5.74, 6) is -6.20. The zero-order valence-electron chi connectivity index (χ0n) is 21.7. The van der Waals surface area contributed by atoms with Crippen molar-refractivity contribution >= 4 is 43.4 Å². The number of likely N-dealkylation sites (tertiary alicyclic amines) is 1. The van der Waals surface area contributed by atoms with Crippen LogP contribution >= 0.6 is 7.82 Å². The van der Waals surface area contributed by atoms with E-state index < -0.39 is 86.8 Å². The first kappa shape index (κ1) is 33.2. The molecule has 18 heteroatoms. The third kappa shape index (κ3) is 10.8. The van der Waals surface area contributed by atoms with E-state index in [1.54, 1.807) is 0 Å². The van der Waals surface area contributed by atoms with Gasteiger partial charge in [-0.2, -0.15) is 0 Å². The normalized spacial score (nSPS) is 17.1. The molecule has 1 saturated heterocycles. The van der Waals surface area contributed by atoms with Crippen molar-refractivity contribution in [3.05, 3.63) is 29.8 Å². The average Bonchev–Trinajstić information content (AvgIpc) is 3.35. The van der Waals surface area contributed by atoms with E-state index in [0.717, 1.165) is 4.90 Å². The fourth-order valence-corrected chi connectivity index (χ4v) is 4.55. The number of hydrogen-bond acceptors (Lipinski definition) is 9. The van der Waals surface area contributed by atoms with Gasteiger partial charge in [0.1, 0.15) is 23.9 Å². The molecule has 0 bridgehead atoms. The number of hydrogen-bond donors (Lipinski definition) is 8. The molecule has 0 radical (unpaired) electrons. The summed E-state index contributed by atoms with van der Waals surface area (Å²) < 4.78 is 15.4. The molecular formula is C23H32N5O12P. The van der Waals surface area contributed by atoms with Crippen LogP contribution in [0.3, 0.4) is 0 Å². The number of aliphatic carboxylic acids is 2. The van der Waals surface area contributed by atoms with Crippen LogP contribution in [0.1, 0.15) is 37.7 Å². The van der Waals surface area contributed by atoms with Crippen LogP contribution < -0.4 is 26.6 Å². The second-order valence-electron chi connectivity index (χ2n) is 9.29. The van der Waals surface area contributed by atoms with E-state index in [1.807, 2.05) is 0 Å². The van der Waals surface area contributed by atoms with Gasteiger partial charge in [-0.1, -0.05) is 12.1 Å². The molecule has 1 aromatic carbocycles. The fourth-order valence-electron chi connectivity index (χ4n) is 4.16. The van der Waals surface area contributed by atoms with Gasteiger partial charge in [0.2, 0.25) is 23.6 Å². The second kappa shape index (κ2) is 14.5. The first-order chi connectivity index (χ1) is 19.1. The highest BCUT2D eigenvalue weighted by molar-refractivity contribution is 7.46. The summed E-state index contributed by atoms with van der Waals surface area (Å²) >= 11 is 0. The van der Waals surface area contributed by atoms with Gasteiger partial charge in [-0.25, -0.2) is 9.36 Å². The lowest BCUT2D eigenvalue weighted by molar-refractivity contribution is -0.143. The summed E-state index contributed by atoms with van der Waals surface area (Å²) in [5, 5.41) is 23.4. The third-order valence-corrected chi connectivity index (χ3v) is 6.51. The molecule has 226 valence electrons. The number of nitrogens with one attached hydrogen (secondary N) is 2. The molecule has 1 aliphatic rings. The van der Waals surface area contributed by atoms with E-state index in [-0.39, 0.29) is 25.1 Å². The molecule has 0 spiro atoms. The number of nitrogens with two attached hydrogens (primary N) is 2. The summed E-state index contributed by atoms with van der Waals surface area (Å²) in [6.07, 6.45) is -1.04. The Balaban J connectivity index is 2.14. The Bertz CT molecular complexity index is 1200. The monoisotopic (exact) mass is 601 g/mol. The second-order valence-corrected chi connectivity index (χ2v) is 10.5. The molecule has 4 amide bonds. The van der Waals surface area contributed by atoms with E-state index >= 15 is 0 Å². The standard InChI is InChI=1S/C23H32N5O12P/c24-14(11-18(25)29)22(34)28-9-1-2-17(28)21(33)26-15(7-8-19(30)31)20(32)27-16(23(35)36)10-12-3-5-13(6-4-12)40-41(37,38)39/h3-6,14-17H,1-2,7-11,24H2,(H2,25,29)(H,26,33)(H,27,32)(H,30,31)(H,35,36)(H2,37,38,39)/t14-,15+,16-,17+/m0/s1. The average molecular weight is 602 g/mol. The first-order valence-electron chi connectivity index (χ1n) is 12.3. The molecule has 41 heavy (non-hydrogen) atoms. The number of phosphoric ester groups is 1. The largest absolute Gasteiger partial charge is 0.524 e. The Labute approximate surface area is 233 Å². The lowest BCUT2D eigenvalue weighted by Gasteiger charge is -2.28. The van der Waals surface area contributed by atoms with Gasteiger partial charge < -0.3 is 41.7 Å². The van der Waals surface area contributed by atoms with Gasteiger partial charge in [0.25, 0.3) is 0 Å². The van der Waals surface area contributed by atoms with E-state index in [4.69, 9.17) is 26.4 Å². The molecule has 4 atom stereocenters. The van der Waals surface area contributed by atoms with Gasteiger partial charge in [0.05, 0.1) is 12.5 Å². The van der Waals surface area contributed by atoms with Crippen LogP contribution in [0.5, 0.6) is 5.75 Å². The molecule has 1 heterocycles. The topological polar surface area (TPSA) is 289 Å². The summed E-state index contributed by atoms with van der Waals surface area (Å²) in [5.41, 5.74) is 11.1. The van der Waals surface area contributed by atoms with E-state index in [2.05, 4.69) is 15.2 Å². The highest BCUT2D eigenvalue weighted by atomic mass is 31.2. The Morgan fingerprint density at radius 1 is 1.05 bits per heavy atom. The number of amides is 4. The van der Waals surface area contributed by atoms with Gasteiger partial charge in [-0.05, 0) is 37.0 Å². The Kier molecular flexibility index (Phi) is 11.8. The molecule has 0 aliphatic carbocycles. The van der Waals surface area contributed by atoms with Gasteiger partial charge in [-0.15, -0.1) is 0 Å². The fraction of sp³-hybridized carbons (Fsp3) is 0.478. The van der Waals surface area contributed by atoms with E-state index in [9.17, 15) is 38.4 Å². The molecule has 17 nitrogen and oxygen atoms in total. The minimum Gasteiger partial charge on any atom is -0.481 e. The highest BCUT2D eigenvalue weighted by Gasteiger charge is 2.38. The number of nitrogens with zero attached hydrogens (tertiary/aromatic N) is 1. The maximum atomic E-state index is 13.1. The number of carbonyl (C=O) groups excluding carboxylic acids is 4. The van der Waals surface area contributed by atoms with Crippen LogP contribution in [0.25, 0.3) is 0 Å². The van der Waals surface area contributed by atoms with Crippen molar-refractivity contribution in [2.24, 2.45) is 11.5 Å². The Morgan fingerprint density at radius 3 is 2.22 bits per heavy atom. The SMILES string of the molecule is NC(=O)C[C@H](N)C(=O)N1CCC[C@@H]1C(=O)N[C@H](CCC(=O)O)C(=O)N[C@@H](Cc1ccc(OP(=O)(O)O)cc1)C(=O)O. The molecule has 1 fully saturated rings. The van der Waals surface area contributed by atoms with Crippen molar-refractivity contribution in [2.75, 3.05) is 6.54 Å². The minimum absolute atomic E-state index is 0.147.